The maximum atomic E-state index is 12.3. The Morgan fingerprint density at radius 3 is 2.29 bits per heavy atom. The van der Waals surface area contributed by atoms with Crippen LogP contribution in [0.5, 0.6) is 0 Å². The van der Waals surface area contributed by atoms with Crippen molar-refractivity contribution in [3.05, 3.63) is 35.4 Å². The molecular weight excluding hydrogens is 364 g/mol. The number of likely N-dealkylation sites (tertiary alicyclic amines) is 1. The fourth-order valence-corrected chi connectivity index (χ4v) is 3.64. The average molecular weight is 386 g/mol. The van der Waals surface area contributed by atoms with Crippen LogP contribution in [0.25, 0.3) is 0 Å². The first kappa shape index (κ1) is 19.7. The number of imide groups is 2. The summed E-state index contributed by atoms with van der Waals surface area (Å²) in [5, 5.41) is 0. The first-order chi connectivity index (χ1) is 13.5. The second-order valence-electron chi connectivity index (χ2n) is 6.85. The van der Waals surface area contributed by atoms with Crippen molar-refractivity contribution in [1.29, 1.82) is 0 Å². The largest absolute Gasteiger partial charge is 0.467 e. The highest BCUT2D eigenvalue weighted by atomic mass is 16.5. The first-order valence-electron chi connectivity index (χ1n) is 9.33. The molecule has 0 aromatic heterocycles. The van der Waals surface area contributed by atoms with Crippen LogP contribution in [0.15, 0.2) is 24.3 Å². The number of methoxy groups -OCH3 is 1. The minimum atomic E-state index is -0.830. The van der Waals surface area contributed by atoms with E-state index in [4.69, 9.17) is 0 Å². The van der Waals surface area contributed by atoms with Gasteiger partial charge in [-0.05, 0) is 31.4 Å². The fourth-order valence-electron chi connectivity index (χ4n) is 3.64. The molecule has 1 fully saturated rings. The molecular formula is C20H22N2O6. The summed E-state index contributed by atoms with van der Waals surface area (Å²) in [6.45, 7) is 0.286. The molecule has 1 aromatic carbocycles. The van der Waals surface area contributed by atoms with Crippen LogP contribution in [0.1, 0.15) is 59.2 Å². The number of ether oxygens (including phenoxy) is 1. The Morgan fingerprint density at radius 1 is 1.04 bits per heavy atom. The van der Waals surface area contributed by atoms with Crippen molar-refractivity contribution in [2.45, 2.75) is 44.6 Å². The number of fused-ring (bicyclic) bond motifs is 1. The van der Waals surface area contributed by atoms with E-state index in [2.05, 4.69) is 4.74 Å². The molecule has 1 atom stereocenters. The van der Waals surface area contributed by atoms with E-state index in [-0.39, 0.29) is 43.5 Å². The van der Waals surface area contributed by atoms with E-state index in [1.807, 2.05) is 0 Å². The molecule has 8 heteroatoms. The number of benzene rings is 1. The summed E-state index contributed by atoms with van der Waals surface area (Å²) in [5.74, 6) is -1.91. The van der Waals surface area contributed by atoms with Crippen LogP contribution in [-0.4, -0.2) is 59.1 Å². The summed E-state index contributed by atoms with van der Waals surface area (Å²) in [6, 6.07) is 5.89. The molecule has 0 N–H and O–H groups in total. The number of hydrogen-bond donors (Lipinski definition) is 0. The van der Waals surface area contributed by atoms with Crippen molar-refractivity contribution in [1.82, 2.24) is 9.80 Å². The third kappa shape index (κ3) is 3.67. The highest BCUT2D eigenvalue weighted by molar-refractivity contribution is 6.21. The molecule has 1 aromatic rings. The van der Waals surface area contributed by atoms with Gasteiger partial charge in [0.05, 0.1) is 18.2 Å². The average Bonchev–Trinajstić information content (AvgIpc) is 3.20. The quantitative estimate of drug-likeness (QED) is 0.400. The summed E-state index contributed by atoms with van der Waals surface area (Å²) >= 11 is 0. The van der Waals surface area contributed by atoms with Crippen molar-refractivity contribution in [2.75, 3.05) is 13.7 Å². The zero-order valence-corrected chi connectivity index (χ0v) is 15.7. The molecule has 2 aliphatic heterocycles. The SMILES string of the molecule is COC(=O)[C@@H]1CCC(=O)N1C(=O)CCCCCN1C(=O)c2ccccc2C1=O. The van der Waals surface area contributed by atoms with Crippen LogP contribution < -0.4 is 0 Å². The minimum absolute atomic E-state index is 0.126. The van der Waals surface area contributed by atoms with E-state index < -0.39 is 17.9 Å². The number of rotatable bonds is 7. The minimum Gasteiger partial charge on any atom is -0.467 e. The second-order valence-corrected chi connectivity index (χ2v) is 6.85. The van der Waals surface area contributed by atoms with Gasteiger partial charge in [0.25, 0.3) is 11.8 Å². The molecule has 2 heterocycles. The van der Waals surface area contributed by atoms with Gasteiger partial charge in [0.2, 0.25) is 11.8 Å². The van der Waals surface area contributed by atoms with Gasteiger partial charge < -0.3 is 4.74 Å². The third-order valence-corrected chi connectivity index (χ3v) is 5.10. The van der Waals surface area contributed by atoms with Crippen molar-refractivity contribution in [3.8, 4) is 0 Å². The molecule has 0 bridgehead atoms. The molecule has 0 spiro atoms. The van der Waals surface area contributed by atoms with Gasteiger partial charge in [0, 0.05) is 19.4 Å². The maximum absolute atomic E-state index is 12.3. The Hall–Kier alpha value is -3.03. The topological polar surface area (TPSA) is 101 Å². The molecule has 0 radical (unpaired) electrons. The molecule has 2 aliphatic rings. The van der Waals surface area contributed by atoms with Gasteiger partial charge in [0.1, 0.15) is 6.04 Å². The molecule has 0 unspecified atom stereocenters. The molecule has 148 valence electrons. The lowest BCUT2D eigenvalue weighted by Crippen LogP contribution is -2.43. The number of unbranched alkanes of at least 4 members (excludes halogenated alkanes) is 2. The first-order valence-corrected chi connectivity index (χ1v) is 9.33. The van der Waals surface area contributed by atoms with Crippen molar-refractivity contribution in [3.63, 3.8) is 0 Å². The summed E-state index contributed by atoms with van der Waals surface area (Å²) in [4.78, 5) is 62.8. The number of carbonyl (C=O) groups is 5. The van der Waals surface area contributed by atoms with Crippen LogP contribution in [0, 0.1) is 0 Å². The lowest BCUT2D eigenvalue weighted by atomic mass is 10.1. The van der Waals surface area contributed by atoms with E-state index in [0.29, 0.717) is 30.4 Å². The molecule has 3 rings (SSSR count). The predicted molar refractivity (Wildman–Crippen MR) is 97.2 cm³/mol. The predicted octanol–water partition coefficient (Wildman–Crippen LogP) is 1.53. The molecule has 4 amide bonds. The Bertz CT molecular complexity index is 799. The number of carbonyl (C=O) groups excluding carboxylic acids is 5. The normalized spacial score (nSPS) is 18.6. The van der Waals surface area contributed by atoms with E-state index in [1.165, 1.54) is 12.0 Å². The van der Waals surface area contributed by atoms with Gasteiger partial charge in [-0.25, -0.2) is 4.79 Å². The van der Waals surface area contributed by atoms with Gasteiger partial charge in [-0.3, -0.25) is 29.0 Å². The third-order valence-electron chi connectivity index (χ3n) is 5.10. The summed E-state index contributed by atoms with van der Waals surface area (Å²) in [7, 11) is 1.23. The van der Waals surface area contributed by atoms with Gasteiger partial charge in [-0.15, -0.1) is 0 Å². The summed E-state index contributed by atoms with van der Waals surface area (Å²) < 4.78 is 4.66. The monoisotopic (exact) mass is 386 g/mol. The standard InChI is InChI=1S/C20H22N2O6/c1-28-20(27)15-10-11-17(24)22(15)16(23)9-3-2-6-12-21-18(25)13-7-4-5-8-14(13)19(21)26/h4-5,7-8,15H,2-3,6,9-12H2,1H3/t15-/m0/s1. The Balaban J connectivity index is 1.45. The zero-order valence-electron chi connectivity index (χ0n) is 15.7. The second kappa shape index (κ2) is 8.33. The lowest BCUT2D eigenvalue weighted by Gasteiger charge is -2.21. The Labute approximate surface area is 162 Å². The van der Waals surface area contributed by atoms with Crippen LogP contribution in [0.2, 0.25) is 0 Å². The molecule has 8 nitrogen and oxygen atoms in total. The number of nitrogens with zero attached hydrogens (tertiary/aromatic N) is 2. The van der Waals surface area contributed by atoms with Crippen LogP contribution in [0.3, 0.4) is 0 Å². The smallest absolute Gasteiger partial charge is 0.329 e. The van der Waals surface area contributed by atoms with Crippen molar-refractivity contribution >= 4 is 29.6 Å². The Morgan fingerprint density at radius 2 is 1.68 bits per heavy atom. The van der Waals surface area contributed by atoms with E-state index in [9.17, 15) is 24.0 Å². The van der Waals surface area contributed by atoms with Crippen LogP contribution in [0.4, 0.5) is 0 Å². The van der Waals surface area contributed by atoms with Gasteiger partial charge >= 0.3 is 5.97 Å². The number of amides is 4. The van der Waals surface area contributed by atoms with Crippen molar-refractivity contribution in [2.24, 2.45) is 0 Å². The van der Waals surface area contributed by atoms with Crippen molar-refractivity contribution < 1.29 is 28.7 Å². The highest BCUT2D eigenvalue weighted by Crippen LogP contribution is 2.24. The van der Waals surface area contributed by atoms with Crippen LogP contribution in [-0.2, 0) is 19.1 Å². The van der Waals surface area contributed by atoms with E-state index >= 15 is 0 Å². The van der Waals surface area contributed by atoms with Gasteiger partial charge in [-0.2, -0.15) is 0 Å². The number of esters is 1. The molecule has 28 heavy (non-hydrogen) atoms. The maximum Gasteiger partial charge on any atom is 0.329 e. The van der Waals surface area contributed by atoms with Gasteiger partial charge in [0.15, 0.2) is 0 Å². The highest BCUT2D eigenvalue weighted by Gasteiger charge is 2.40. The summed E-state index contributed by atoms with van der Waals surface area (Å²) in [6.07, 6.45) is 2.25. The van der Waals surface area contributed by atoms with E-state index in [0.717, 1.165) is 4.90 Å². The summed E-state index contributed by atoms with van der Waals surface area (Å²) in [5.41, 5.74) is 0.841. The zero-order chi connectivity index (χ0) is 20.3. The van der Waals surface area contributed by atoms with E-state index in [1.54, 1.807) is 24.3 Å². The number of hydrogen-bond acceptors (Lipinski definition) is 6. The molecule has 0 aliphatic carbocycles. The van der Waals surface area contributed by atoms with Crippen LogP contribution >= 0.6 is 0 Å². The Kier molecular flexibility index (Phi) is 5.87. The van der Waals surface area contributed by atoms with Gasteiger partial charge in [-0.1, -0.05) is 18.6 Å². The molecule has 0 saturated carbocycles. The fraction of sp³-hybridized carbons (Fsp3) is 0.450. The lowest BCUT2D eigenvalue weighted by molar-refractivity contribution is -0.155. The molecule has 1 saturated heterocycles.